The summed E-state index contributed by atoms with van der Waals surface area (Å²) < 4.78 is 27.2. The molecule has 1 heterocycles. The minimum atomic E-state index is -1.09. The lowest BCUT2D eigenvalue weighted by Crippen LogP contribution is -2.48. The molecule has 0 aromatic heterocycles. The second-order valence-corrected chi connectivity index (χ2v) is 9.60. The van der Waals surface area contributed by atoms with Gasteiger partial charge in [0.15, 0.2) is 5.78 Å². The van der Waals surface area contributed by atoms with Gasteiger partial charge in [0.05, 0.1) is 46.0 Å². The fourth-order valence-corrected chi connectivity index (χ4v) is 5.73. The molecule has 4 rings (SSSR count). The Morgan fingerprint density at radius 1 is 0.875 bits per heavy atom. The van der Waals surface area contributed by atoms with Crippen molar-refractivity contribution in [2.75, 3.05) is 34.5 Å². The molecule has 0 N–H and O–H groups in total. The quantitative estimate of drug-likeness (QED) is 0.329. The van der Waals surface area contributed by atoms with Crippen LogP contribution >= 0.6 is 0 Å². The van der Waals surface area contributed by atoms with Crippen molar-refractivity contribution in [2.24, 2.45) is 16.8 Å². The number of carbonyl (C=O) groups is 3. The van der Waals surface area contributed by atoms with E-state index in [0.29, 0.717) is 40.6 Å². The molecule has 2 aliphatic rings. The van der Waals surface area contributed by atoms with Gasteiger partial charge >= 0.3 is 11.9 Å². The van der Waals surface area contributed by atoms with Gasteiger partial charge < -0.3 is 23.7 Å². The predicted molar refractivity (Wildman–Crippen MR) is 148 cm³/mol. The fourth-order valence-electron chi connectivity index (χ4n) is 5.73. The molecule has 0 bridgehead atoms. The van der Waals surface area contributed by atoms with Gasteiger partial charge in [-0.2, -0.15) is 0 Å². The number of benzene rings is 2. The molecular formula is C31H35NO8. The lowest BCUT2D eigenvalue weighted by molar-refractivity contribution is -0.153. The zero-order chi connectivity index (χ0) is 29.0. The second-order valence-electron chi connectivity index (χ2n) is 9.60. The Morgan fingerprint density at radius 3 is 2.12 bits per heavy atom. The Balaban J connectivity index is 1.91. The van der Waals surface area contributed by atoms with Crippen LogP contribution in [0.15, 0.2) is 58.7 Å². The van der Waals surface area contributed by atoms with Crippen molar-refractivity contribution in [1.82, 2.24) is 0 Å². The summed E-state index contributed by atoms with van der Waals surface area (Å²) in [5, 5.41) is 0. The average Bonchev–Trinajstić information content (AvgIpc) is 2.96. The lowest BCUT2D eigenvalue weighted by Gasteiger charge is -2.41. The largest absolute Gasteiger partial charge is 0.497 e. The molecule has 0 spiro atoms. The number of hydrogen-bond donors (Lipinski definition) is 0. The molecule has 0 radical (unpaired) electrons. The van der Waals surface area contributed by atoms with Crippen molar-refractivity contribution in [1.29, 1.82) is 0 Å². The van der Waals surface area contributed by atoms with Gasteiger partial charge in [0.25, 0.3) is 0 Å². The molecule has 0 amide bonds. The van der Waals surface area contributed by atoms with Crippen LogP contribution in [0.3, 0.4) is 0 Å². The number of aliphatic imine (C=N–C) groups is 1. The van der Waals surface area contributed by atoms with Crippen LogP contribution < -0.4 is 14.2 Å². The van der Waals surface area contributed by atoms with E-state index in [1.807, 2.05) is 12.1 Å². The topological polar surface area (TPSA) is 110 Å². The van der Waals surface area contributed by atoms with Gasteiger partial charge in [0, 0.05) is 34.9 Å². The Kier molecular flexibility index (Phi) is 8.92. The highest BCUT2D eigenvalue weighted by atomic mass is 16.5. The van der Waals surface area contributed by atoms with Crippen LogP contribution in [0.4, 0.5) is 0 Å². The van der Waals surface area contributed by atoms with Crippen molar-refractivity contribution in [3.8, 4) is 17.2 Å². The number of allylic oxidation sites excluding steroid dienone is 1. The molecule has 1 fully saturated rings. The summed E-state index contributed by atoms with van der Waals surface area (Å²) in [6.45, 7) is 5.45. The zero-order valence-corrected chi connectivity index (χ0v) is 23.7. The van der Waals surface area contributed by atoms with Crippen LogP contribution in [0.2, 0.25) is 0 Å². The normalized spacial score (nSPS) is 22.1. The SMILES string of the molecule is CCOC(=O)C1=C(C)N=C2C[C@@H](c3ccc(OC)cc3)[C@H](C(=O)OCC)C(=O)C2[C@@H]1c1ccc(OC)cc1OC. The molecule has 1 aliphatic heterocycles. The Morgan fingerprint density at radius 2 is 1.52 bits per heavy atom. The van der Waals surface area contributed by atoms with Gasteiger partial charge in [-0.1, -0.05) is 18.2 Å². The van der Waals surface area contributed by atoms with Gasteiger partial charge in [-0.05, 0) is 51.0 Å². The van der Waals surface area contributed by atoms with E-state index in [1.165, 1.54) is 7.11 Å². The third-order valence-electron chi connectivity index (χ3n) is 7.50. The number of carbonyl (C=O) groups excluding carboxylic acids is 3. The maximum Gasteiger partial charge on any atom is 0.336 e. The maximum atomic E-state index is 14.5. The van der Waals surface area contributed by atoms with Crippen LogP contribution in [0.25, 0.3) is 0 Å². The number of hydrogen-bond acceptors (Lipinski definition) is 9. The minimum Gasteiger partial charge on any atom is -0.497 e. The summed E-state index contributed by atoms with van der Waals surface area (Å²) in [4.78, 5) is 46.0. The molecule has 0 saturated heterocycles. The van der Waals surface area contributed by atoms with E-state index >= 15 is 0 Å². The fraction of sp³-hybridized carbons (Fsp3) is 0.419. The molecule has 1 unspecified atom stereocenters. The van der Waals surface area contributed by atoms with Crippen molar-refractivity contribution in [3.63, 3.8) is 0 Å². The van der Waals surface area contributed by atoms with Crippen molar-refractivity contribution >= 4 is 23.4 Å². The number of esters is 2. The van der Waals surface area contributed by atoms with E-state index in [0.717, 1.165) is 5.56 Å². The van der Waals surface area contributed by atoms with E-state index in [9.17, 15) is 14.4 Å². The van der Waals surface area contributed by atoms with Crippen molar-refractivity contribution < 1.29 is 38.1 Å². The second kappa shape index (κ2) is 12.4. The van der Waals surface area contributed by atoms with Gasteiger partial charge in [-0.25, -0.2) is 4.79 Å². The summed E-state index contributed by atoms with van der Waals surface area (Å²) in [7, 11) is 4.63. The van der Waals surface area contributed by atoms with Gasteiger partial charge in [-0.3, -0.25) is 14.6 Å². The summed E-state index contributed by atoms with van der Waals surface area (Å²) in [6, 6.07) is 12.5. The van der Waals surface area contributed by atoms with Crippen LogP contribution in [-0.2, 0) is 23.9 Å². The van der Waals surface area contributed by atoms with Crippen LogP contribution in [0.5, 0.6) is 17.2 Å². The molecule has 2 aromatic carbocycles. The smallest absolute Gasteiger partial charge is 0.336 e. The lowest BCUT2D eigenvalue weighted by atomic mass is 9.62. The maximum absolute atomic E-state index is 14.5. The molecule has 4 atom stereocenters. The molecule has 40 heavy (non-hydrogen) atoms. The highest BCUT2D eigenvalue weighted by molar-refractivity contribution is 6.18. The number of ether oxygens (including phenoxy) is 5. The van der Waals surface area contributed by atoms with Gasteiger partial charge in [0.1, 0.15) is 23.2 Å². The summed E-state index contributed by atoms with van der Waals surface area (Å²) >= 11 is 0. The minimum absolute atomic E-state index is 0.131. The summed E-state index contributed by atoms with van der Waals surface area (Å²) in [5.41, 5.74) is 2.72. The first-order valence-corrected chi connectivity index (χ1v) is 13.3. The number of nitrogens with zero attached hydrogens (tertiary/aromatic N) is 1. The van der Waals surface area contributed by atoms with Crippen LogP contribution in [0.1, 0.15) is 50.2 Å². The summed E-state index contributed by atoms with van der Waals surface area (Å²) in [6.07, 6.45) is 0.328. The van der Waals surface area contributed by atoms with Crippen molar-refractivity contribution in [3.05, 3.63) is 64.9 Å². The molecule has 1 aliphatic carbocycles. The molecular weight excluding hydrogens is 514 g/mol. The number of fused-ring (bicyclic) bond motifs is 1. The Hall–Kier alpha value is -4.14. The van der Waals surface area contributed by atoms with E-state index in [-0.39, 0.29) is 24.6 Å². The van der Waals surface area contributed by atoms with E-state index < -0.39 is 35.6 Å². The molecule has 212 valence electrons. The van der Waals surface area contributed by atoms with Gasteiger partial charge in [-0.15, -0.1) is 0 Å². The summed E-state index contributed by atoms with van der Waals surface area (Å²) in [5.74, 6) is -3.13. The molecule has 9 nitrogen and oxygen atoms in total. The molecule has 9 heteroatoms. The first kappa shape index (κ1) is 28.9. The Bertz CT molecular complexity index is 1340. The van der Waals surface area contributed by atoms with Crippen LogP contribution in [0, 0.1) is 11.8 Å². The highest BCUT2D eigenvalue weighted by Crippen LogP contribution is 2.50. The third kappa shape index (κ3) is 5.33. The molecule has 1 saturated carbocycles. The van der Waals surface area contributed by atoms with E-state index in [1.54, 1.807) is 65.3 Å². The van der Waals surface area contributed by atoms with Crippen molar-refractivity contribution in [2.45, 2.75) is 39.0 Å². The molecule has 2 aromatic rings. The first-order chi connectivity index (χ1) is 19.3. The predicted octanol–water partition coefficient (Wildman–Crippen LogP) is 4.64. The Labute approximate surface area is 234 Å². The first-order valence-electron chi connectivity index (χ1n) is 13.3. The standard InChI is InChI=1S/C31H35NO8/c1-7-39-30(34)25-17(3)32-23-16-22(18-9-11-19(36-4)12-10-18)27(31(35)40-8-2)29(33)28(23)26(25)21-14-13-20(37-5)15-24(21)38-6/h9-15,22,26-28H,7-8,16H2,1-6H3/t22-,26+,27-,28?/m0/s1. The van der Waals surface area contributed by atoms with Gasteiger partial charge in [0.2, 0.25) is 0 Å². The number of methoxy groups -OCH3 is 3. The number of rotatable bonds is 9. The van der Waals surface area contributed by atoms with E-state index in [4.69, 9.17) is 28.7 Å². The van der Waals surface area contributed by atoms with E-state index in [2.05, 4.69) is 0 Å². The third-order valence-corrected chi connectivity index (χ3v) is 7.50. The van der Waals surface area contributed by atoms with Crippen LogP contribution in [-0.4, -0.2) is 58.0 Å². The number of ketones is 1. The number of Topliss-reactive ketones (excluding diaryl/α,β-unsaturated/α-hetero) is 1. The monoisotopic (exact) mass is 549 g/mol. The highest BCUT2D eigenvalue weighted by Gasteiger charge is 2.53. The average molecular weight is 550 g/mol. The zero-order valence-electron chi connectivity index (χ0n) is 23.7.